The van der Waals surface area contributed by atoms with Crippen molar-refractivity contribution in [1.82, 2.24) is 10.3 Å². The van der Waals surface area contributed by atoms with E-state index in [9.17, 15) is 14.4 Å². The van der Waals surface area contributed by atoms with E-state index in [4.69, 9.17) is 10.2 Å². The molecule has 20 heavy (non-hydrogen) atoms. The molecule has 1 aromatic heterocycles. The Kier molecular flexibility index (Phi) is 5.45. The highest BCUT2D eigenvalue weighted by Gasteiger charge is 2.23. The van der Waals surface area contributed by atoms with Crippen LogP contribution in [0, 0.1) is 0 Å². The van der Waals surface area contributed by atoms with Crippen molar-refractivity contribution in [2.45, 2.75) is 18.9 Å². The molecule has 3 N–H and O–H groups in total. The SMILES string of the molecule is CN(C(=O)NC(CCC(=O)O)C(=O)O)c1cccnc1. The fraction of sp³-hybridized carbons (Fsp3) is 0.333. The van der Waals surface area contributed by atoms with Gasteiger partial charge in [0.05, 0.1) is 11.9 Å². The lowest BCUT2D eigenvalue weighted by atomic mass is 10.1. The van der Waals surface area contributed by atoms with Gasteiger partial charge >= 0.3 is 18.0 Å². The second kappa shape index (κ2) is 7.07. The highest BCUT2D eigenvalue weighted by Crippen LogP contribution is 2.09. The number of aromatic nitrogens is 1. The van der Waals surface area contributed by atoms with E-state index < -0.39 is 24.0 Å². The molecule has 1 rings (SSSR count). The highest BCUT2D eigenvalue weighted by molar-refractivity contribution is 5.93. The molecule has 8 heteroatoms. The molecule has 1 atom stereocenters. The molecule has 1 heterocycles. The molecule has 0 aromatic carbocycles. The molecule has 0 saturated carbocycles. The molecule has 108 valence electrons. The molecule has 0 fully saturated rings. The van der Waals surface area contributed by atoms with Crippen molar-refractivity contribution in [3.05, 3.63) is 24.5 Å². The lowest BCUT2D eigenvalue weighted by molar-refractivity contribution is -0.140. The van der Waals surface area contributed by atoms with Gasteiger partial charge in [0.15, 0.2) is 0 Å². The zero-order valence-electron chi connectivity index (χ0n) is 10.8. The van der Waals surface area contributed by atoms with Crippen molar-refractivity contribution in [3.63, 3.8) is 0 Å². The maximum Gasteiger partial charge on any atom is 0.326 e. The molecule has 1 aromatic rings. The van der Waals surface area contributed by atoms with Gasteiger partial charge in [0.25, 0.3) is 0 Å². The molecule has 0 bridgehead atoms. The van der Waals surface area contributed by atoms with Gasteiger partial charge in [-0.25, -0.2) is 9.59 Å². The minimum absolute atomic E-state index is 0.183. The number of urea groups is 1. The summed E-state index contributed by atoms with van der Waals surface area (Å²) in [4.78, 5) is 38.3. The predicted molar refractivity (Wildman–Crippen MR) is 69.5 cm³/mol. The minimum atomic E-state index is -1.28. The summed E-state index contributed by atoms with van der Waals surface area (Å²) >= 11 is 0. The third kappa shape index (κ3) is 4.56. The number of carboxylic acid groups (broad SMARTS) is 2. The van der Waals surface area contributed by atoms with Crippen LogP contribution in [0.15, 0.2) is 24.5 Å². The van der Waals surface area contributed by atoms with E-state index in [1.807, 2.05) is 0 Å². The summed E-state index contributed by atoms with van der Waals surface area (Å²) in [6.07, 6.45) is 2.47. The topological polar surface area (TPSA) is 120 Å². The van der Waals surface area contributed by atoms with E-state index in [0.717, 1.165) is 0 Å². The van der Waals surface area contributed by atoms with Gasteiger partial charge in [-0.05, 0) is 18.6 Å². The monoisotopic (exact) mass is 281 g/mol. The molecule has 0 radical (unpaired) electrons. The quantitative estimate of drug-likeness (QED) is 0.700. The molecule has 0 aliphatic heterocycles. The smallest absolute Gasteiger partial charge is 0.326 e. The number of nitrogens with one attached hydrogen (secondary N) is 1. The average molecular weight is 281 g/mol. The number of carbonyl (C=O) groups excluding carboxylic acids is 1. The van der Waals surface area contributed by atoms with E-state index in [2.05, 4.69) is 10.3 Å². The van der Waals surface area contributed by atoms with Crippen molar-refractivity contribution in [3.8, 4) is 0 Å². The van der Waals surface area contributed by atoms with Gasteiger partial charge in [-0.15, -0.1) is 0 Å². The maximum absolute atomic E-state index is 11.9. The van der Waals surface area contributed by atoms with Crippen LogP contribution < -0.4 is 10.2 Å². The summed E-state index contributed by atoms with van der Waals surface area (Å²) in [6, 6.07) is 1.38. The largest absolute Gasteiger partial charge is 0.481 e. The first kappa shape index (κ1) is 15.4. The number of rotatable bonds is 6. The van der Waals surface area contributed by atoms with Crippen molar-refractivity contribution in [1.29, 1.82) is 0 Å². The number of pyridine rings is 1. The Morgan fingerprint density at radius 3 is 2.60 bits per heavy atom. The first-order chi connectivity index (χ1) is 9.41. The van der Waals surface area contributed by atoms with Crippen LogP contribution in [0.3, 0.4) is 0 Å². The number of hydrogen-bond donors (Lipinski definition) is 3. The van der Waals surface area contributed by atoms with Crippen molar-refractivity contribution < 1.29 is 24.6 Å². The standard InChI is InChI=1S/C12H15N3O5/c1-15(8-3-2-6-13-7-8)12(20)14-9(11(18)19)4-5-10(16)17/h2-3,6-7,9H,4-5H2,1H3,(H,14,20)(H,16,17)(H,18,19). The van der Waals surface area contributed by atoms with Crippen LogP contribution in [-0.4, -0.2) is 46.3 Å². The number of nitrogens with zero attached hydrogens (tertiary/aromatic N) is 2. The Balaban J connectivity index is 2.66. The van der Waals surface area contributed by atoms with Crippen LogP contribution in [0.5, 0.6) is 0 Å². The van der Waals surface area contributed by atoms with Crippen molar-refractivity contribution >= 4 is 23.7 Å². The van der Waals surface area contributed by atoms with Crippen LogP contribution in [-0.2, 0) is 9.59 Å². The van der Waals surface area contributed by atoms with Gasteiger partial charge in [0.1, 0.15) is 6.04 Å². The molecule has 2 amide bonds. The molecule has 1 unspecified atom stereocenters. The van der Waals surface area contributed by atoms with Crippen molar-refractivity contribution in [2.75, 3.05) is 11.9 Å². The van der Waals surface area contributed by atoms with Crippen LogP contribution in [0.2, 0.25) is 0 Å². The molecule has 0 saturated heterocycles. The fourth-order valence-electron chi connectivity index (χ4n) is 1.44. The molecule has 8 nitrogen and oxygen atoms in total. The average Bonchev–Trinajstić information content (AvgIpc) is 2.42. The van der Waals surface area contributed by atoms with Gasteiger partial charge in [-0.2, -0.15) is 0 Å². The normalized spacial score (nSPS) is 11.4. The number of carbonyl (C=O) groups is 3. The van der Waals surface area contributed by atoms with Crippen molar-refractivity contribution in [2.24, 2.45) is 0 Å². The third-order valence-electron chi connectivity index (χ3n) is 2.58. The lowest BCUT2D eigenvalue weighted by Gasteiger charge is -2.20. The molecular formula is C12H15N3O5. The van der Waals surface area contributed by atoms with Gasteiger partial charge in [0, 0.05) is 19.7 Å². The van der Waals surface area contributed by atoms with E-state index >= 15 is 0 Å². The first-order valence-corrected chi connectivity index (χ1v) is 5.80. The Morgan fingerprint density at radius 1 is 1.40 bits per heavy atom. The van der Waals surface area contributed by atoms with Gasteiger partial charge in [0.2, 0.25) is 0 Å². The number of carboxylic acids is 2. The second-order valence-electron chi connectivity index (χ2n) is 4.04. The van der Waals surface area contributed by atoms with E-state index in [1.165, 1.54) is 18.1 Å². The summed E-state index contributed by atoms with van der Waals surface area (Å²) in [5.74, 6) is -2.40. The predicted octanol–water partition coefficient (Wildman–Crippen LogP) is 0.545. The fourth-order valence-corrected chi connectivity index (χ4v) is 1.44. The number of aliphatic carboxylic acids is 2. The van der Waals surface area contributed by atoms with Crippen LogP contribution in [0.4, 0.5) is 10.5 Å². The van der Waals surface area contributed by atoms with Crippen LogP contribution >= 0.6 is 0 Å². The molecule has 0 aliphatic carbocycles. The third-order valence-corrected chi connectivity index (χ3v) is 2.58. The molecule has 0 aliphatic rings. The van der Waals surface area contributed by atoms with E-state index in [0.29, 0.717) is 5.69 Å². The van der Waals surface area contributed by atoms with Crippen LogP contribution in [0.25, 0.3) is 0 Å². The number of hydrogen-bond acceptors (Lipinski definition) is 4. The maximum atomic E-state index is 11.9. The second-order valence-corrected chi connectivity index (χ2v) is 4.04. The minimum Gasteiger partial charge on any atom is -0.481 e. The molecule has 0 spiro atoms. The lowest BCUT2D eigenvalue weighted by Crippen LogP contribution is -2.47. The summed E-state index contributed by atoms with van der Waals surface area (Å²) in [6.45, 7) is 0. The van der Waals surface area contributed by atoms with Crippen LogP contribution in [0.1, 0.15) is 12.8 Å². The number of anilines is 1. The molecular weight excluding hydrogens is 266 g/mol. The zero-order chi connectivity index (χ0) is 15.1. The van der Waals surface area contributed by atoms with Gasteiger partial charge in [-0.1, -0.05) is 0 Å². The summed E-state index contributed by atoms with van der Waals surface area (Å²) in [5.41, 5.74) is 0.493. The summed E-state index contributed by atoms with van der Waals surface area (Å²) in [5, 5.41) is 19.8. The van der Waals surface area contributed by atoms with Gasteiger partial charge in [-0.3, -0.25) is 14.7 Å². The summed E-state index contributed by atoms with van der Waals surface area (Å²) in [7, 11) is 1.46. The Labute approximate surface area is 115 Å². The zero-order valence-corrected chi connectivity index (χ0v) is 10.8. The Hall–Kier alpha value is -2.64. The summed E-state index contributed by atoms with van der Waals surface area (Å²) < 4.78 is 0. The highest BCUT2D eigenvalue weighted by atomic mass is 16.4. The number of amides is 2. The van der Waals surface area contributed by atoms with E-state index in [-0.39, 0.29) is 12.8 Å². The van der Waals surface area contributed by atoms with E-state index in [1.54, 1.807) is 18.3 Å². The first-order valence-electron chi connectivity index (χ1n) is 5.80. The van der Waals surface area contributed by atoms with Gasteiger partial charge < -0.3 is 15.5 Å². The Bertz CT molecular complexity index is 491. The Morgan fingerprint density at radius 2 is 2.10 bits per heavy atom.